The smallest absolute Gasteiger partial charge is 0.262 e. The Bertz CT molecular complexity index is 1890. The van der Waals surface area contributed by atoms with Crippen molar-refractivity contribution >= 4 is 40.3 Å². The molecule has 2 aliphatic heterocycles. The van der Waals surface area contributed by atoms with E-state index in [1.165, 1.54) is 0 Å². The summed E-state index contributed by atoms with van der Waals surface area (Å²) < 4.78 is 7.97. The second-order valence-electron chi connectivity index (χ2n) is 12.7. The van der Waals surface area contributed by atoms with Gasteiger partial charge in [-0.05, 0) is 81.2 Å². The van der Waals surface area contributed by atoms with Crippen molar-refractivity contribution < 1.29 is 23.9 Å². The third-order valence-electron chi connectivity index (χ3n) is 9.38. The van der Waals surface area contributed by atoms with Crippen molar-refractivity contribution in [2.75, 3.05) is 11.9 Å². The quantitative estimate of drug-likeness (QED) is 0.196. The predicted octanol–water partition coefficient (Wildman–Crippen LogP) is 4.28. The molecular weight excluding hydrogens is 586 g/mol. The van der Waals surface area contributed by atoms with Crippen LogP contribution >= 0.6 is 0 Å². The highest BCUT2D eigenvalue weighted by Gasteiger charge is 2.44. The molecule has 3 fully saturated rings. The van der Waals surface area contributed by atoms with Gasteiger partial charge in [0, 0.05) is 36.5 Å². The molecule has 4 amide bonds. The van der Waals surface area contributed by atoms with Gasteiger partial charge in [-0.15, -0.1) is 0 Å². The molecule has 2 aromatic heterocycles. The lowest BCUT2D eigenvalue weighted by molar-refractivity contribution is -0.136. The van der Waals surface area contributed by atoms with E-state index in [2.05, 4.69) is 26.9 Å². The first-order valence-electron chi connectivity index (χ1n) is 16.0. The van der Waals surface area contributed by atoms with Crippen LogP contribution in [0.5, 0.6) is 5.75 Å². The van der Waals surface area contributed by atoms with Crippen molar-refractivity contribution in [3.05, 3.63) is 66.1 Å². The number of piperidine rings is 1. The predicted molar refractivity (Wildman–Crippen MR) is 167 cm³/mol. The zero-order chi connectivity index (χ0) is 31.4. The summed E-state index contributed by atoms with van der Waals surface area (Å²) in [6.07, 6.45) is 12.7. The molecule has 2 aromatic carbocycles. The van der Waals surface area contributed by atoms with Crippen LogP contribution in [0.25, 0.3) is 22.3 Å². The van der Waals surface area contributed by atoms with Gasteiger partial charge in [0.2, 0.25) is 11.8 Å². The minimum absolute atomic E-state index is 0.0965. The van der Waals surface area contributed by atoms with Crippen molar-refractivity contribution in [1.29, 1.82) is 0 Å². The fraction of sp³-hybridized carbons (Fsp3) is 0.382. The van der Waals surface area contributed by atoms with Crippen LogP contribution in [-0.2, 0) is 9.59 Å². The number of nitrogens with one attached hydrogen (secondary N) is 2. The van der Waals surface area contributed by atoms with Gasteiger partial charge < -0.3 is 10.1 Å². The lowest BCUT2D eigenvalue weighted by Crippen LogP contribution is -2.54. The van der Waals surface area contributed by atoms with E-state index in [-0.39, 0.29) is 24.0 Å². The normalized spacial score (nSPS) is 22.5. The molecule has 234 valence electrons. The number of imide groups is 2. The first kappa shape index (κ1) is 28.4. The van der Waals surface area contributed by atoms with Crippen molar-refractivity contribution in [1.82, 2.24) is 30.0 Å². The van der Waals surface area contributed by atoms with E-state index in [1.807, 2.05) is 29.1 Å². The van der Waals surface area contributed by atoms with Crippen LogP contribution in [0.15, 0.2) is 55.0 Å². The van der Waals surface area contributed by atoms with Crippen LogP contribution in [0.4, 0.5) is 5.69 Å². The van der Waals surface area contributed by atoms with Gasteiger partial charge in [0.15, 0.2) is 0 Å². The Hall–Kier alpha value is -5.13. The van der Waals surface area contributed by atoms with Crippen LogP contribution in [0.2, 0.25) is 0 Å². The Labute approximate surface area is 264 Å². The first-order valence-corrected chi connectivity index (χ1v) is 16.0. The van der Waals surface area contributed by atoms with E-state index in [0.717, 1.165) is 83.7 Å². The Kier molecular flexibility index (Phi) is 6.99. The van der Waals surface area contributed by atoms with Crippen LogP contribution < -0.4 is 15.4 Å². The molecule has 46 heavy (non-hydrogen) atoms. The molecule has 4 heterocycles. The van der Waals surface area contributed by atoms with E-state index < -0.39 is 29.7 Å². The summed E-state index contributed by atoms with van der Waals surface area (Å²) in [5, 5.41) is 10.2. The highest BCUT2D eigenvalue weighted by atomic mass is 16.5. The number of ether oxygens (including phenoxy) is 1. The molecule has 4 aromatic rings. The molecule has 1 saturated heterocycles. The lowest BCUT2D eigenvalue weighted by atomic mass is 9.77. The molecule has 8 rings (SSSR count). The maximum absolute atomic E-state index is 13.1. The highest BCUT2D eigenvalue weighted by molar-refractivity contribution is 6.23. The lowest BCUT2D eigenvalue weighted by Gasteiger charge is -2.35. The fourth-order valence-electron chi connectivity index (χ4n) is 6.61. The van der Waals surface area contributed by atoms with E-state index in [4.69, 9.17) is 9.72 Å². The zero-order valence-electron chi connectivity index (χ0n) is 25.1. The monoisotopic (exact) mass is 619 g/mol. The summed E-state index contributed by atoms with van der Waals surface area (Å²) in [6.45, 7) is 0.735. The average molecular weight is 620 g/mol. The second-order valence-corrected chi connectivity index (χ2v) is 12.7. The number of hydrogen-bond donors (Lipinski definition) is 2. The molecule has 2 saturated carbocycles. The number of anilines is 1. The number of carbonyl (C=O) groups is 4. The van der Waals surface area contributed by atoms with E-state index in [0.29, 0.717) is 18.1 Å². The van der Waals surface area contributed by atoms with Gasteiger partial charge in [0.25, 0.3) is 11.8 Å². The molecule has 1 atom stereocenters. The van der Waals surface area contributed by atoms with Crippen molar-refractivity contribution in [2.24, 2.45) is 5.92 Å². The molecule has 2 aliphatic carbocycles. The molecule has 0 bridgehead atoms. The summed E-state index contributed by atoms with van der Waals surface area (Å²) in [6, 6.07) is 10.4. The number of fused-ring (bicyclic) bond motifs is 2. The van der Waals surface area contributed by atoms with Gasteiger partial charge >= 0.3 is 0 Å². The highest BCUT2D eigenvalue weighted by Crippen LogP contribution is 2.40. The summed E-state index contributed by atoms with van der Waals surface area (Å²) in [5.74, 6) is -0.541. The summed E-state index contributed by atoms with van der Waals surface area (Å²) in [7, 11) is 0. The van der Waals surface area contributed by atoms with Gasteiger partial charge in [0.1, 0.15) is 11.8 Å². The molecule has 4 aliphatic rings. The average Bonchev–Trinajstić information content (AvgIpc) is 3.65. The Balaban J connectivity index is 0.815. The first-order chi connectivity index (χ1) is 22.4. The Morgan fingerprint density at radius 1 is 0.935 bits per heavy atom. The van der Waals surface area contributed by atoms with Crippen molar-refractivity contribution in [3.63, 3.8) is 0 Å². The topological polar surface area (TPSA) is 148 Å². The fourth-order valence-corrected chi connectivity index (χ4v) is 6.61. The van der Waals surface area contributed by atoms with Crippen molar-refractivity contribution in [3.8, 4) is 17.0 Å². The minimum atomic E-state index is -0.964. The number of benzene rings is 2. The van der Waals surface area contributed by atoms with Crippen LogP contribution in [0.1, 0.15) is 78.1 Å². The number of nitrogens with zero attached hydrogens (tertiary/aromatic N) is 5. The number of rotatable bonds is 10. The number of hydrogen-bond acceptors (Lipinski definition) is 9. The molecule has 12 heteroatoms. The maximum Gasteiger partial charge on any atom is 0.262 e. The number of carbonyl (C=O) groups excluding carboxylic acids is 4. The third-order valence-corrected chi connectivity index (χ3v) is 9.38. The molecular formula is C34H33N7O5. The van der Waals surface area contributed by atoms with E-state index in [9.17, 15) is 19.2 Å². The summed E-state index contributed by atoms with van der Waals surface area (Å²) in [4.78, 5) is 60.2. The molecule has 2 N–H and O–H groups in total. The molecule has 1 unspecified atom stereocenters. The molecule has 0 radical (unpaired) electrons. The Morgan fingerprint density at radius 3 is 2.61 bits per heavy atom. The van der Waals surface area contributed by atoms with Crippen LogP contribution in [0, 0.1) is 5.92 Å². The zero-order valence-corrected chi connectivity index (χ0v) is 25.1. The van der Waals surface area contributed by atoms with Gasteiger partial charge in [-0.25, -0.2) is 4.98 Å². The number of aromatic nitrogens is 4. The summed E-state index contributed by atoms with van der Waals surface area (Å²) in [5.41, 5.74) is 4.71. The standard InChI is InChI=1S/C34H33N7O5/c42-31-10-9-30(32(43)39-31)41-33(44)25-7-3-21(14-26(25)34(41)45)35-11-1-2-19-12-22(13-19)40-18-20(16-37-40)29-17-36-27-8-6-24(15-28(27)38-29)46-23-4-5-23/h3,6-8,14-19,22-23,30,35H,1-2,4-5,9-13H2,(H,39,42,43). The van der Waals surface area contributed by atoms with E-state index in [1.54, 1.807) is 24.4 Å². The van der Waals surface area contributed by atoms with Gasteiger partial charge in [-0.2, -0.15) is 5.10 Å². The third kappa shape index (κ3) is 5.37. The van der Waals surface area contributed by atoms with Gasteiger partial charge in [-0.3, -0.25) is 39.1 Å². The van der Waals surface area contributed by atoms with Gasteiger partial charge in [0.05, 0.1) is 52.4 Å². The molecule has 0 spiro atoms. The molecule has 12 nitrogen and oxygen atoms in total. The minimum Gasteiger partial charge on any atom is -0.490 e. The number of amides is 4. The van der Waals surface area contributed by atoms with Crippen LogP contribution in [0.3, 0.4) is 0 Å². The van der Waals surface area contributed by atoms with Crippen LogP contribution in [-0.4, -0.2) is 67.0 Å². The largest absolute Gasteiger partial charge is 0.490 e. The Morgan fingerprint density at radius 2 is 1.78 bits per heavy atom. The van der Waals surface area contributed by atoms with Crippen molar-refractivity contribution in [2.45, 2.75) is 69.6 Å². The van der Waals surface area contributed by atoms with Gasteiger partial charge in [-0.1, -0.05) is 0 Å². The summed E-state index contributed by atoms with van der Waals surface area (Å²) >= 11 is 0. The van der Waals surface area contributed by atoms with E-state index >= 15 is 0 Å². The maximum atomic E-state index is 13.1. The SMILES string of the molecule is O=C1CCC(N2C(=O)c3ccc(NCCCC4CC(n5cc(-c6cnc7ccc(OC8CC8)cc7n6)cn5)C4)cc3C2=O)C(=O)N1. The second kappa shape index (κ2) is 11.3.